The first-order chi connectivity index (χ1) is 20.6. The lowest BCUT2D eigenvalue weighted by Crippen LogP contribution is -2.28. The van der Waals surface area contributed by atoms with E-state index in [4.69, 9.17) is 9.47 Å². The Bertz CT molecular complexity index is 642. The third kappa shape index (κ3) is 31.3. The number of aliphatic hydroxyl groups excluding tert-OH is 1. The minimum Gasteiger partial charge on any atom is -0.462 e. The fourth-order valence-electron chi connectivity index (χ4n) is 4.99. The molecule has 0 heterocycles. The summed E-state index contributed by atoms with van der Waals surface area (Å²) >= 11 is 0. The lowest BCUT2D eigenvalue weighted by molar-refractivity contribution is -0.161. The van der Waals surface area contributed by atoms with Crippen molar-refractivity contribution in [2.45, 2.75) is 187 Å². The molecule has 0 aliphatic heterocycles. The van der Waals surface area contributed by atoms with Crippen LogP contribution in [0.25, 0.3) is 0 Å². The highest BCUT2D eigenvalue weighted by molar-refractivity contribution is 5.70. The maximum Gasteiger partial charge on any atom is 0.306 e. The number of aliphatic hydroxyl groups is 1. The van der Waals surface area contributed by atoms with E-state index in [0.717, 1.165) is 44.9 Å². The molecule has 0 fully saturated rings. The van der Waals surface area contributed by atoms with Gasteiger partial charge in [-0.3, -0.25) is 9.59 Å². The van der Waals surface area contributed by atoms with Crippen LogP contribution in [-0.2, 0) is 19.1 Å². The Morgan fingerprint density at radius 2 is 0.952 bits per heavy atom. The Morgan fingerprint density at radius 3 is 1.45 bits per heavy atom. The van der Waals surface area contributed by atoms with Crippen molar-refractivity contribution in [3.8, 4) is 0 Å². The maximum atomic E-state index is 12.1. The Hall–Kier alpha value is -1.62. The molecule has 0 aromatic heterocycles. The van der Waals surface area contributed by atoms with Crippen LogP contribution in [0.15, 0.2) is 24.3 Å². The molecule has 0 aromatic rings. The van der Waals surface area contributed by atoms with E-state index in [1.807, 2.05) is 0 Å². The standard InChI is InChI=1S/C37H68O5/c1-3-5-7-9-11-13-15-16-17-18-19-20-22-23-25-27-29-31-36(39)41-34-35(33-38)42-37(40)32-30-28-26-24-21-14-12-10-8-6-4-2/h11,13,16-17,35,38H,3-10,12,14-15,18-34H2,1-2H3/b13-11-,17-16-/t35-/m0/s1. The first kappa shape index (κ1) is 40.4. The van der Waals surface area contributed by atoms with Gasteiger partial charge in [0.25, 0.3) is 0 Å². The molecular formula is C37H68O5. The SMILES string of the molecule is CCCCC/C=C\C/C=C\CCCCCCCCCC(=O)OC[C@H](CO)OC(=O)CCCCCCCCCCCCC. The second-order valence-electron chi connectivity index (χ2n) is 12.0. The molecule has 0 unspecified atom stereocenters. The van der Waals surface area contributed by atoms with Crippen LogP contribution in [0, 0.1) is 0 Å². The van der Waals surface area contributed by atoms with Crippen LogP contribution in [0.3, 0.4) is 0 Å². The Morgan fingerprint density at radius 1 is 0.548 bits per heavy atom. The molecule has 1 N–H and O–H groups in total. The van der Waals surface area contributed by atoms with E-state index >= 15 is 0 Å². The highest BCUT2D eigenvalue weighted by atomic mass is 16.6. The summed E-state index contributed by atoms with van der Waals surface area (Å²) in [7, 11) is 0. The Labute approximate surface area is 260 Å². The van der Waals surface area contributed by atoms with E-state index in [1.54, 1.807) is 0 Å². The molecule has 1 atom stereocenters. The fourth-order valence-corrected chi connectivity index (χ4v) is 4.99. The monoisotopic (exact) mass is 593 g/mol. The van der Waals surface area contributed by atoms with Gasteiger partial charge in [0, 0.05) is 12.8 Å². The van der Waals surface area contributed by atoms with E-state index in [9.17, 15) is 14.7 Å². The zero-order valence-corrected chi connectivity index (χ0v) is 27.8. The van der Waals surface area contributed by atoms with E-state index in [2.05, 4.69) is 38.2 Å². The number of carbonyl (C=O) groups excluding carboxylic acids is 2. The van der Waals surface area contributed by atoms with Gasteiger partial charge in [-0.25, -0.2) is 0 Å². The van der Waals surface area contributed by atoms with Crippen LogP contribution < -0.4 is 0 Å². The van der Waals surface area contributed by atoms with Gasteiger partial charge >= 0.3 is 11.9 Å². The summed E-state index contributed by atoms with van der Waals surface area (Å²) in [6.45, 7) is 4.09. The second kappa shape index (κ2) is 33.9. The molecule has 5 heteroatoms. The zero-order chi connectivity index (χ0) is 30.8. The number of hydrogen-bond donors (Lipinski definition) is 1. The first-order valence-electron chi connectivity index (χ1n) is 17.9. The molecule has 0 aliphatic rings. The van der Waals surface area contributed by atoms with Gasteiger partial charge in [-0.05, 0) is 44.9 Å². The number of ether oxygens (including phenoxy) is 2. The van der Waals surface area contributed by atoms with Crippen molar-refractivity contribution in [1.29, 1.82) is 0 Å². The molecular weight excluding hydrogens is 524 g/mol. The molecule has 0 spiro atoms. The normalized spacial score (nSPS) is 12.4. The summed E-state index contributed by atoms with van der Waals surface area (Å²) in [5, 5.41) is 9.51. The maximum absolute atomic E-state index is 12.1. The van der Waals surface area contributed by atoms with Crippen molar-refractivity contribution in [2.24, 2.45) is 0 Å². The second-order valence-corrected chi connectivity index (χ2v) is 12.0. The van der Waals surface area contributed by atoms with E-state index in [0.29, 0.717) is 12.8 Å². The van der Waals surface area contributed by atoms with Crippen LogP contribution in [0.4, 0.5) is 0 Å². The van der Waals surface area contributed by atoms with Crippen molar-refractivity contribution < 1.29 is 24.2 Å². The minimum atomic E-state index is -0.768. The van der Waals surface area contributed by atoms with Crippen LogP contribution in [0.2, 0.25) is 0 Å². The minimum absolute atomic E-state index is 0.0664. The number of hydrogen-bond acceptors (Lipinski definition) is 5. The molecule has 0 saturated carbocycles. The van der Waals surface area contributed by atoms with Crippen molar-refractivity contribution in [3.05, 3.63) is 24.3 Å². The van der Waals surface area contributed by atoms with E-state index in [-0.39, 0.29) is 25.2 Å². The van der Waals surface area contributed by atoms with Crippen molar-refractivity contribution in [2.75, 3.05) is 13.2 Å². The summed E-state index contributed by atoms with van der Waals surface area (Å²) in [6.07, 6.45) is 38.0. The highest BCUT2D eigenvalue weighted by Crippen LogP contribution is 2.13. The quantitative estimate of drug-likeness (QED) is 0.0478. The van der Waals surface area contributed by atoms with Gasteiger partial charge < -0.3 is 14.6 Å². The lowest BCUT2D eigenvalue weighted by Gasteiger charge is -2.15. The molecule has 42 heavy (non-hydrogen) atoms. The number of unbranched alkanes of at least 4 members (excludes halogenated alkanes) is 20. The number of allylic oxidation sites excluding steroid dienone is 4. The number of esters is 2. The average molecular weight is 593 g/mol. The largest absolute Gasteiger partial charge is 0.462 e. The van der Waals surface area contributed by atoms with Gasteiger partial charge in [0.2, 0.25) is 0 Å². The van der Waals surface area contributed by atoms with Crippen molar-refractivity contribution in [3.63, 3.8) is 0 Å². The summed E-state index contributed by atoms with van der Waals surface area (Å²) in [5.41, 5.74) is 0. The third-order valence-corrected chi connectivity index (χ3v) is 7.75. The van der Waals surface area contributed by atoms with Crippen LogP contribution >= 0.6 is 0 Å². The van der Waals surface area contributed by atoms with Crippen molar-refractivity contribution >= 4 is 11.9 Å². The molecule has 0 radical (unpaired) electrons. The van der Waals surface area contributed by atoms with Gasteiger partial charge in [0.05, 0.1) is 6.61 Å². The molecule has 5 nitrogen and oxygen atoms in total. The molecule has 0 aliphatic carbocycles. The number of rotatable bonds is 32. The van der Waals surface area contributed by atoms with Gasteiger partial charge in [0.1, 0.15) is 6.61 Å². The topological polar surface area (TPSA) is 72.8 Å². The highest BCUT2D eigenvalue weighted by Gasteiger charge is 2.16. The van der Waals surface area contributed by atoms with Crippen LogP contribution in [0.5, 0.6) is 0 Å². The van der Waals surface area contributed by atoms with Gasteiger partial charge in [-0.2, -0.15) is 0 Å². The average Bonchev–Trinajstić information content (AvgIpc) is 2.99. The van der Waals surface area contributed by atoms with E-state index < -0.39 is 6.10 Å². The number of carbonyl (C=O) groups is 2. The Kier molecular flexibility index (Phi) is 32.6. The smallest absolute Gasteiger partial charge is 0.306 e. The van der Waals surface area contributed by atoms with Crippen molar-refractivity contribution in [1.82, 2.24) is 0 Å². The molecule has 246 valence electrons. The predicted octanol–water partition coefficient (Wildman–Crippen LogP) is 10.7. The summed E-state index contributed by atoms with van der Waals surface area (Å²) in [4.78, 5) is 24.1. The van der Waals surface area contributed by atoms with Crippen LogP contribution in [0.1, 0.15) is 181 Å². The molecule has 0 rings (SSSR count). The van der Waals surface area contributed by atoms with Gasteiger partial charge in [-0.1, -0.05) is 147 Å². The molecule has 0 saturated heterocycles. The molecule has 0 aromatic carbocycles. The first-order valence-corrected chi connectivity index (χ1v) is 17.9. The Balaban J connectivity index is 3.57. The van der Waals surface area contributed by atoms with Gasteiger partial charge in [-0.15, -0.1) is 0 Å². The summed E-state index contributed by atoms with van der Waals surface area (Å²) < 4.78 is 10.6. The van der Waals surface area contributed by atoms with Crippen LogP contribution in [-0.4, -0.2) is 36.4 Å². The fraction of sp³-hybridized carbons (Fsp3) is 0.838. The van der Waals surface area contributed by atoms with Gasteiger partial charge in [0.15, 0.2) is 6.10 Å². The summed E-state index contributed by atoms with van der Waals surface area (Å²) in [5.74, 6) is -0.597. The molecule has 0 amide bonds. The predicted molar refractivity (Wildman–Crippen MR) is 178 cm³/mol. The zero-order valence-electron chi connectivity index (χ0n) is 27.8. The lowest BCUT2D eigenvalue weighted by atomic mass is 10.1. The summed E-state index contributed by atoms with van der Waals surface area (Å²) in [6, 6.07) is 0. The molecule has 0 bridgehead atoms. The third-order valence-electron chi connectivity index (χ3n) is 7.75. The van der Waals surface area contributed by atoms with E-state index in [1.165, 1.54) is 109 Å².